The Morgan fingerprint density at radius 3 is 2.56 bits per heavy atom. The molecular weight excluding hydrogens is 210 g/mol. The lowest BCUT2D eigenvalue weighted by Gasteiger charge is -2.11. The van der Waals surface area contributed by atoms with Crippen molar-refractivity contribution < 1.29 is 19.0 Å². The predicted octanol–water partition coefficient (Wildman–Crippen LogP) is 0.438. The minimum Gasteiger partial charge on any atom is -0.463 e. The van der Waals surface area contributed by atoms with Crippen LogP contribution in [0.3, 0.4) is 0 Å². The van der Waals surface area contributed by atoms with Crippen LogP contribution in [-0.4, -0.2) is 52.6 Å². The molecule has 0 fully saturated rings. The summed E-state index contributed by atoms with van der Waals surface area (Å²) < 4.78 is 15.0. The fourth-order valence-electron chi connectivity index (χ4n) is 1.03. The van der Waals surface area contributed by atoms with Crippen molar-refractivity contribution in [2.45, 2.75) is 13.8 Å². The number of hydrogen-bond donors (Lipinski definition) is 1. The number of ether oxygens (including phenoxy) is 3. The maximum atomic E-state index is 11.4. The normalized spacial score (nSPS) is 12.4. The molecule has 0 aliphatic rings. The van der Waals surface area contributed by atoms with E-state index in [0.29, 0.717) is 33.0 Å². The Hall–Kier alpha value is -0.650. The number of carbonyl (C=O) groups excluding carboxylic acids is 1. The zero-order valence-electron chi connectivity index (χ0n) is 10.5. The first-order valence-electron chi connectivity index (χ1n) is 5.66. The van der Waals surface area contributed by atoms with Crippen molar-refractivity contribution in [2.75, 3.05) is 46.6 Å². The van der Waals surface area contributed by atoms with Crippen LogP contribution in [0.5, 0.6) is 0 Å². The summed E-state index contributed by atoms with van der Waals surface area (Å²) in [6.45, 7) is 7.17. The van der Waals surface area contributed by atoms with Crippen molar-refractivity contribution in [3.63, 3.8) is 0 Å². The second-order valence-electron chi connectivity index (χ2n) is 3.48. The molecule has 0 radical (unpaired) electrons. The third-order valence-electron chi connectivity index (χ3n) is 2.01. The quantitative estimate of drug-likeness (QED) is 0.438. The molecule has 0 aliphatic carbocycles. The third kappa shape index (κ3) is 8.64. The van der Waals surface area contributed by atoms with E-state index in [4.69, 9.17) is 14.2 Å². The monoisotopic (exact) mass is 233 g/mol. The molecular formula is C11H23NO4. The predicted molar refractivity (Wildman–Crippen MR) is 61.4 cm³/mol. The van der Waals surface area contributed by atoms with Crippen LogP contribution < -0.4 is 5.32 Å². The van der Waals surface area contributed by atoms with Crippen molar-refractivity contribution in [3.8, 4) is 0 Å². The highest BCUT2D eigenvalue weighted by Gasteiger charge is 2.12. The lowest BCUT2D eigenvalue weighted by Crippen LogP contribution is -2.28. The molecule has 0 rings (SSSR count). The third-order valence-corrected chi connectivity index (χ3v) is 2.01. The van der Waals surface area contributed by atoms with E-state index in [1.807, 2.05) is 13.8 Å². The Bertz CT molecular complexity index is 175. The summed E-state index contributed by atoms with van der Waals surface area (Å²) in [5.74, 6) is -0.296. The number of nitrogens with one attached hydrogen (secondary N) is 1. The van der Waals surface area contributed by atoms with E-state index in [1.54, 1.807) is 7.11 Å². The van der Waals surface area contributed by atoms with Crippen LogP contribution >= 0.6 is 0 Å². The van der Waals surface area contributed by atoms with Gasteiger partial charge in [0.15, 0.2) is 0 Å². The largest absolute Gasteiger partial charge is 0.463 e. The molecule has 0 aromatic heterocycles. The van der Waals surface area contributed by atoms with Gasteiger partial charge in [-0.2, -0.15) is 0 Å². The van der Waals surface area contributed by atoms with E-state index in [9.17, 15) is 4.79 Å². The van der Waals surface area contributed by atoms with E-state index in [2.05, 4.69) is 5.32 Å². The Kier molecular flexibility index (Phi) is 10.4. The number of methoxy groups -OCH3 is 1. The molecule has 1 unspecified atom stereocenters. The van der Waals surface area contributed by atoms with Crippen molar-refractivity contribution in [2.24, 2.45) is 5.92 Å². The van der Waals surface area contributed by atoms with Crippen LogP contribution in [0.2, 0.25) is 0 Å². The Morgan fingerprint density at radius 2 is 1.94 bits per heavy atom. The number of esters is 1. The highest BCUT2D eigenvalue weighted by Crippen LogP contribution is 1.96. The van der Waals surface area contributed by atoms with Crippen LogP contribution in [0.4, 0.5) is 0 Å². The first-order valence-corrected chi connectivity index (χ1v) is 5.66. The maximum Gasteiger partial charge on any atom is 0.310 e. The van der Waals surface area contributed by atoms with E-state index in [1.165, 1.54) is 0 Å². The molecule has 0 saturated carbocycles. The van der Waals surface area contributed by atoms with Gasteiger partial charge in [0.05, 0.1) is 25.7 Å². The van der Waals surface area contributed by atoms with Gasteiger partial charge in [0.2, 0.25) is 0 Å². The van der Waals surface area contributed by atoms with Gasteiger partial charge in [-0.1, -0.05) is 13.8 Å². The smallest absolute Gasteiger partial charge is 0.310 e. The fourth-order valence-corrected chi connectivity index (χ4v) is 1.03. The molecule has 0 spiro atoms. The second-order valence-corrected chi connectivity index (χ2v) is 3.48. The number of carbonyl (C=O) groups is 1. The van der Waals surface area contributed by atoms with Gasteiger partial charge >= 0.3 is 5.97 Å². The van der Waals surface area contributed by atoms with Gasteiger partial charge in [0.25, 0.3) is 0 Å². The second kappa shape index (κ2) is 10.9. The molecule has 0 aromatic carbocycles. The minimum atomic E-state index is -0.184. The van der Waals surface area contributed by atoms with Gasteiger partial charge < -0.3 is 19.5 Å². The molecule has 0 bridgehead atoms. The van der Waals surface area contributed by atoms with Gasteiger partial charge in [0, 0.05) is 13.7 Å². The highest BCUT2D eigenvalue weighted by atomic mass is 16.6. The maximum absolute atomic E-state index is 11.4. The molecule has 96 valence electrons. The summed E-state index contributed by atoms with van der Waals surface area (Å²) in [4.78, 5) is 11.4. The van der Waals surface area contributed by atoms with Crippen molar-refractivity contribution >= 4 is 5.97 Å². The van der Waals surface area contributed by atoms with E-state index >= 15 is 0 Å². The van der Waals surface area contributed by atoms with Crippen molar-refractivity contribution in [1.29, 1.82) is 0 Å². The topological polar surface area (TPSA) is 56.8 Å². The molecule has 1 atom stereocenters. The first kappa shape index (κ1) is 15.3. The molecule has 0 saturated heterocycles. The van der Waals surface area contributed by atoms with Crippen LogP contribution in [0.15, 0.2) is 0 Å². The summed E-state index contributed by atoms with van der Waals surface area (Å²) in [5.41, 5.74) is 0. The van der Waals surface area contributed by atoms with E-state index in [-0.39, 0.29) is 11.9 Å². The zero-order chi connectivity index (χ0) is 12.2. The minimum absolute atomic E-state index is 0.112. The Labute approximate surface area is 97.4 Å². The van der Waals surface area contributed by atoms with Crippen LogP contribution in [0.25, 0.3) is 0 Å². The van der Waals surface area contributed by atoms with E-state index < -0.39 is 0 Å². The van der Waals surface area contributed by atoms with Gasteiger partial charge in [-0.25, -0.2) is 0 Å². The highest BCUT2D eigenvalue weighted by molar-refractivity contribution is 5.72. The molecule has 16 heavy (non-hydrogen) atoms. The van der Waals surface area contributed by atoms with Gasteiger partial charge in [-0.05, 0) is 6.54 Å². The SMILES string of the molecule is CCNCC(C)C(=O)OCCOCCOC. The zero-order valence-corrected chi connectivity index (χ0v) is 10.5. The molecule has 0 aromatic rings. The molecule has 0 amide bonds. The lowest BCUT2D eigenvalue weighted by atomic mass is 10.2. The van der Waals surface area contributed by atoms with Gasteiger partial charge in [-0.15, -0.1) is 0 Å². The van der Waals surface area contributed by atoms with E-state index in [0.717, 1.165) is 6.54 Å². The average Bonchev–Trinajstić information content (AvgIpc) is 2.30. The lowest BCUT2D eigenvalue weighted by molar-refractivity contribution is -0.149. The first-order chi connectivity index (χ1) is 7.72. The standard InChI is InChI=1S/C11H23NO4/c1-4-12-9-10(2)11(13)16-8-7-15-6-5-14-3/h10,12H,4-9H2,1-3H3. The van der Waals surface area contributed by atoms with Gasteiger partial charge in [0.1, 0.15) is 6.61 Å². The van der Waals surface area contributed by atoms with Crippen molar-refractivity contribution in [3.05, 3.63) is 0 Å². The summed E-state index contributed by atoms with van der Waals surface area (Å²) in [6, 6.07) is 0. The Morgan fingerprint density at radius 1 is 1.25 bits per heavy atom. The summed E-state index contributed by atoms with van der Waals surface area (Å²) in [6.07, 6.45) is 0. The number of hydrogen-bond acceptors (Lipinski definition) is 5. The Balaban J connectivity index is 3.35. The van der Waals surface area contributed by atoms with Crippen LogP contribution in [0.1, 0.15) is 13.8 Å². The average molecular weight is 233 g/mol. The van der Waals surface area contributed by atoms with Gasteiger partial charge in [-0.3, -0.25) is 4.79 Å². The number of rotatable bonds is 10. The molecule has 0 aliphatic heterocycles. The van der Waals surface area contributed by atoms with Crippen LogP contribution in [-0.2, 0) is 19.0 Å². The van der Waals surface area contributed by atoms with Crippen molar-refractivity contribution in [1.82, 2.24) is 5.32 Å². The molecule has 0 heterocycles. The molecule has 5 nitrogen and oxygen atoms in total. The summed E-state index contributed by atoms with van der Waals surface area (Å²) >= 11 is 0. The summed E-state index contributed by atoms with van der Waals surface area (Å²) in [5, 5.41) is 3.10. The summed E-state index contributed by atoms with van der Waals surface area (Å²) in [7, 11) is 1.62. The van der Waals surface area contributed by atoms with Crippen LogP contribution in [0, 0.1) is 5.92 Å². The fraction of sp³-hybridized carbons (Fsp3) is 0.909. The molecule has 1 N–H and O–H groups in total. The molecule has 5 heteroatoms.